The molecule has 1 aliphatic heterocycles. The lowest BCUT2D eigenvalue weighted by molar-refractivity contribution is -0.133. The highest BCUT2D eigenvalue weighted by molar-refractivity contribution is 5.94. The first kappa shape index (κ1) is 16.8. The van der Waals surface area contributed by atoms with Crippen molar-refractivity contribution in [2.24, 2.45) is 5.92 Å². The van der Waals surface area contributed by atoms with Crippen LogP contribution in [0.2, 0.25) is 0 Å². The quantitative estimate of drug-likeness (QED) is 0.882. The fourth-order valence-electron chi connectivity index (χ4n) is 3.56. The topological polar surface area (TPSA) is 80.1 Å². The number of aromatic nitrogens is 3. The van der Waals surface area contributed by atoms with E-state index in [1.165, 1.54) is 12.8 Å². The lowest BCUT2D eigenvalue weighted by Gasteiger charge is -2.40. The Labute approximate surface area is 152 Å². The molecule has 1 aliphatic carbocycles. The number of nitrogens with zero attached hydrogens (tertiary/aromatic N) is 4. The Balaban J connectivity index is 1.48. The number of hydrogen-bond donors (Lipinski definition) is 1. The summed E-state index contributed by atoms with van der Waals surface area (Å²) in [5.41, 5.74) is -0.0854. The zero-order valence-corrected chi connectivity index (χ0v) is 14.7. The highest BCUT2D eigenvalue weighted by Crippen LogP contribution is 2.32. The predicted molar refractivity (Wildman–Crippen MR) is 95.3 cm³/mol. The molecule has 2 amide bonds. The Bertz CT molecular complexity index is 762. The van der Waals surface area contributed by atoms with E-state index >= 15 is 0 Å². The predicted octanol–water partition coefficient (Wildman–Crippen LogP) is 1.44. The molecule has 2 aromatic rings. The summed E-state index contributed by atoms with van der Waals surface area (Å²) in [6.07, 6.45) is 10.3. The largest absolute Gasteiger partial charge is 0.354 e. The van der Waals surface area contributed by atoms with Crippen molar-refractivity contribution < 1.29 is 9.59 Å². The van der Waals surface area contributed by atoms with Gasteiger partial charge >= 0.3 is 0 Å². The second-order valence-electron chi connectivity index (χ2n) is 7.16. The average molecular weight is 353 g/mol. The van der Waals surface area contributed by atoms with Crippen LogP contribution in [-0.4, -0.2) is 51.1 Å². The van der Waals surface area contributed by atoms with Crippen LogP contribution in [0.25, 0.3) is 0 Å². The van der Waals surface area contributed by atoms with E-state index in [4.69, 9.17) is 0 Å². The Hall–Kier alpha value is -2.70. The van der Waals surface area contributed by atoms with E-state index in [0.29, 0.717) is 37.4 Å². The molecule has 0 aromatic carbocycles. The zero-order valence-electron chi connectivity index (χ0n) is 14.7. The first-order valence-corrected chi connectivity index (χ1v) is 9.17. The summed E-state index contributed by atoms with van der Waals surface area (Å²) in [5.74, 6) is 0.631. The van der Waals surface area contributed by atoms with Gasteiger partial charge in [0.05, 0.1) is 0 Å². The molecule has 0 atom stereocenters. The molecule has 4 rings (SSSR count). The van der Waals surface area contributed by atoms with Gasteiger partial charge in [-0.1, -0.05) is 0 Å². The van der Waals surface area contributed by atoms with Crippen LogP contribution in [0.3, 0.4) is 0 Å². The lowest BCUT2D eigenvalue weighted by atomic mass is 9.86. The van der Waals surface area contributed by atoms with Gasteiger partial charge in [-0.2, -0.15) is 5.10 Å². The molecule has 2 fully saturated rings. The standard InChI is InChI=1S/C19H23N5O2/c25-17(16-4-9-20-10-5-16)23-12-6-19(7-13-23,24-11-1-8-22-24)18(26)21-14-15-2-3-15/h1,4-5,8-11,15H,2-3,6-7,12-14H2,(H,21,26). The molecule has 1 saturated carbocycles. The van der Waals surface area contributed by atoms with Crippen molar-refractivity contribution in [3.05, 3.63) is 48.5 Å². The minimum absolute atomic E-state index is 0.0140. The molecule has 0 unspecified atom stereocenters. The zero-order chi connectivity index (χ0) is 18.0. The van der Waals surface area contributed by atoms with Crippen LogP contribution in [-0.2, 0) is 10.3 Å². The van der Waals surface area contributed by atoms with Crippen LogP contribution in [0.1, 0.15) is 36.0 Å². The Morgan fingerprint density at radius 3 is 2.50 bits per heavy atom. The van der Waals surface area contributed by atoms with Crippen molar-refractivity contribution in [3.63, 3.8) is 0 Å². The summed E-state index contributed by atoms with van der Waals surface area (Å²) in [6, 6.07) is 5.28. The van der Waals surface area contributed by atoms with E-state index in [9.17, 15) is 9.59 Å². The molecule has 1 N–H and O–H groups in total. The van der Waals surface area contributed by atoms with Crippen LogP contribution < -0.4 is 5.32 Å². The number of rotatable bonds is 5. The molecule has 2 aliphatic rings. The third-order valence-electron chi connectivity index (χ3n) is 5.42. The molecule has 7 nitrogen and oxygen atoms in total. The van der Waals surface area contributed by atoms with Crippen molar-refractivity contribution in [1.29, 1.82) is 0 Å². The lowest BCUT2D eigenvalue weighted by Crippen LogP contribution is -2.56. The number of nitrogens with one attached hydrogen (secondary N) is 1. The van der Waals surface area contributed by atoms with Gasteiger partial charge in [0.1, 0.15) is 5.54 Å². The summed E-state index contributed by atoms with van der Waals surface area (Å²) in [4.78, 5) is 31.4. The van der Waals surface area contributed by atoms with E-state index in [2.05, 4.69) is 15.4 Å². The highest BCUT2D eigenvalue weighted by Gasteiger charge is 2.44. The maximum atomic E-state index is 13.0. The Morgan fingerprint density at radius 1 is 1.15 bits per heavy atom. The number of piperidine rings is 1. The average Bonchev–Trinajstić information content (AvgIpc) is 3.36. The second-order valence-corrected chi connectivity index (χ2v) is 7.16. The van der Waals surface area contributed by atoms with E-state index in [-0.39, 0.29) is 11.8 Å². The monoisotopic (exact) mass is 353 g/mol. The molecule has 3 heterocycles. The van der Waals surface area contributed by atoms with E-state index in [1.807, 2.05) is 17.2 Å². The number of hydrogen-bond acceptors (Lipinski definition) is 4. The molecule has 0 radical (unpaired) electrons. The first-order chi connectivity index (χ1) is 12.7. The summed E-state index contributed by atoms with van der Waals surface area (Å²) in [5, 5.41) is 7.46. The highest BCUT2D eigenvalue weighted by atomic mass is 16.2. The van der Waals surface area contributed by atoms with Crippen LogP contribution in [0.15, 0.2) is 43.0 Å². The van der Waals surface area contributed by atoms with Gasteiger partial charge in [-0.3, -0.25) is 19.3 Å². The smallest absolute Gasteiger partial charge is 0.253 e. The number of pyridine rings is 1. The minimum Gasteiger partial charge on any atom is -0.354 e. The van der Waals surface area contributed by atoms with Gasteiger partial charge in [0.15, 0.2) is 0 Å². The van der Waals surface area contributed by atoms with Crippen molar-refractivity contribution in [2.45, 2.75) is 31.2 Å². The molecule has 7 heteroatoms. The first-order valence-electron chi connectivity index (χ1n) is 9.17. The van der Waals surface area contributed by atoms with Gasteiger partial charge in [0.25, 0.3) is 5.91 Å². The maximum absolute atomic E-state index is 13.0. The molecular weight excluding hydrogens is 330 g/mol. The second kappa shape index (κ2) is 6.90. The van der Waals surface area contributed by atoms with E-state index in [0.717, 1.165) is 6.54 Å². The van der Waals surface area contributed by atoms with Crippen molar-refractivity contribution in [1.82, 2.24) is 25.0 Å². The fourth-order valence-corrected chi connectivity index (χ4v) is 3.56. The number of carbonyl (C=O) groups is 2. The van der Waals surface area contributed by atoms with Crippen LogP contribution in [0.5, 0.6) is 0 Å². The van der Waals surface area contributed by atoms with Crippen LogP contribution >= 0.6 is 0 Å². The molecular formula is C19H23N5O2. The van der Waals surface area contributed by atoms with Crippen molar-refractivity contribution in [3.8, 4) is 0 Å². The molecule has 26 heavy (non-hydrogen) atoms. The summed E-state index contributed by atoms with van der Waals surface area (Å²) < 4.78 is 1.77. The van der Waals surface area contributed by atoms with Gasteiger partial charge in [0, 0.05) is 50.0 Å². The SMILES string of the molecule is O=C(c1ccncc1)N1CCC(C(=O)NCC2CC2)(n2cccn2)CC1. The minimum atomic E-state index is -0.715. The number of amides is 2. The summed E-state index contributed by atoms with van der Waals surface area (Å²) in [7, 11) is 0. The van der Waals surface area contributed by atoms with Crippen molar-refractivity contribution in [2.75, 3.05) is 19.6 Å². The van der Waals surface area contributed by atoms with Crippen molar-refractivity contribution >= 4 is 11.8 Å². The Morgan fingerprint density at radius 2 is 1.88 bits per heavy atom. The normalized spacial score (nSPS) is 19.2. The molecule has 2 aromatic heterocycles. The third kappa shape index (κ3) is 3.21. The van der Waals surface area contributed by atoms with Gasteiger partial charge in [-0.15, -0.1) is 0 Å². The van der Waals surface area contributed by atoms with Gasteiger partial charge in [-0.05, 0) is 49.8 Å². The molecule has 1 saturated heterocycles. The van der Waals surface area contributed by atoms with Gasteiger partial charge in [-0.25, -0.2) is 0 Å². The molecule has 0 bridgehead atoms. The third-order valence-corrected chi connectivity index (χ3v) is 5.42. The number of carbonyl (C=O) groups excluding carboxylic acids is 2. The van der Waals surface area contributed by atoms with Gasteiger partial charge < -0.3 is 10.2 Å². The van der Waals surface area contributed by atoms with E-state index < -0.39 is 5.54 Å². The van der Waals surface area contributed by atoms with Gasteiger partial charge in [0.2, 0.25) is 5.91 Å². The molecule has 0 spiro atoms. The van der Waals surface area contributed by atoms with E-state index in [1.54, 1.807) is 35.4 Å². The van der Waals surface area contributed by atoms with Crippen LogP contribution in [0.4, 0.5) is 0 Å². The Kier molecular flexibility index (Phi) is 4.44. The van der Waals surface area contributed by atoms with Crippen LogP contribution in [0, 0.1) is 5.92 Å². The maximum Gasteiger partial charge on any atom is 0.253 e. The summed E-state index contributed by atoms with van der Waals surface area (Å²) >= 11 is 0. The fraction of sp³-hybridized carbons (Fsp3) is 0.474. The number of likely N-dealkylation sites (tertiary alicyclic amines) is 1. The summed E-state index contributed by atoms with van der Waals surface area (Å²) in [6.45, 7) is 1.79. The molecule has 136 valence electrons.